The molecule has 154 valence electrons. The number of halogens is 4. The van der Waals surface area contributed by atoms with Crippen LogP contribution < -0.4 is 0 Å². The van der Waals surface area contributed by atoms with Crippen molar-refractivity contribution in [3.63, 3.8) is 0 Å². The molecular formula is C16H12F4N4O3S2. The molecule has 0 fully saturated rings. The van der Waals surface area contributed by atoms with Gasteiger partial charge in [0, 0.05) is 41.5 Å². The number of carbonyl (C=O) groups excluding carboxylic acids is 3. The number of imide groups is 1. The zero-order chi connectivity index (χ0) is 21.6. The number of rotatable bonds is 10. The first-order chi connectivity index (χ1) is 13.8. The predicted molar refractivity (Wildman–Crippen MR) is 99.4 cm³/mol. The second kappa shape index (κ2) is 10.3. The van der Waals surface area contributed by atoms with Crippen molar-refractivity contribution in [2.24, 2.45) is 5.11 Å². The third-order valence-electron chi connectivity index (χ3n) is 3.68. The molecule has 1 aliphatic heterocycles. The largest absolute Gasteiger partial charge is 0.294 e. The molecule has 1 heterocycles. The van der Waals surface area contributed by atoms with Crippen molar-refractivity contribution in [2.75, 3.05) is 18.1 Å². The van der Waals surface area contributed by atoms with Gasteiger partial charge in [-0.05, 0) is 12.0 Å². The molecule has 0 bridgehead atoms. The SMILES string of the molecule is [N-]=[N+]=Nc1c(F)c(F)c(C(=O)CCCSSCCN2C(=O)C=CC2=O)c(F)c1F. The summed E-state index contributed by atoms with van der Waals surface area (Å²) >= 11 is 0. The number of Topliss-reactive ketones (excluding diaryl/α,β-unsaturated/α-hetero) is 1. The molecule has 13 heteroatoms. The molecule has 2 amide bonds. The third kappa shape index (κ3) is 5.31. The monoisotopic (exact) mass is 448 g/mol. The summed E-state index contributed by atoms with van der Waals surface area (Å²) in [5.41, 5.74) is 5.36. The van der Waals surface area contributed by atoms with Crippen LogP contribution in [0.1, 0.15) is 23.2 Å². The van der Waals surface area contributed by atoms with Crippen LogP contribution in [0.25, 0.3) is 10.4 Å². The quantitative estimate of drug-likeness (QED) is 0.0605. The highest BCUT2D eigenvalue weighted by Gasteiger charge is 2.28. The molecule has 29 heavy (non-hydrogen) atoms. The van der Waals surface area contributed by atoms with E-state index in [0.717, 1.165) is 4.90 Å². The van der Waals surface area contributed by atoms with E-state index in [1.165, 1.54) is 33.7 Å². The summed E-state index contributed by atoms with van der Waals surface area (Å²) in [4.78, 5) is 37.8. The highest BCUT2D eigenvalue weighted by molar-refractivity contribution is 8.76. The highest BCUT2D eigenvalue weighted by atomic mass is 33.1. The molecule has 1 aliphatic rings. The van der Waals surface area contributed by atoms with E-state index in [9.17, 15) is 31.9 Å². The van der Waals surface area contributed by atoms with Gasteiger partial charge in [-0.15, -0.1) is 0 Å². The number of carbonyl (C=O) groups is 3. The first kappa shape index (κ1) is 22.8. The van der Waals surface area contributed by atoms with Crippen LogP contribution in [0.4, 0.5) is 23.2 Å². The van der Waals surface area contributed by atoms with Gasteiger partial charge >= 0.3 is 0 Å². The lowest BCUT2D eigenvalue weighted by Crippen LogP contribution is -2.31. The maximum absolute atomic E-state index is 13.9. The molecule has 2 rings (SSSR count). The normalized spacial score (nSPS) is 13.2. The van der Waals surface area contributed by atoms with Crippen LogP contribution in [-0.2, 0) is 9.59 Å². The fourth-order valence-electron chi connectivity index (χ4n) is 2.31. The summed E-state index contributed by atoms with van der Waals surface area (Å²) < 4.78 is 55.2. The number of benzene rings is 1. The van der Waals surface area contributed by atoms with Crippen molar-refractivity contribution in [2.45, 2.75) is 12.8 Å². The van der Waals surface area contributed by atoms with Gasteiger partial charge in [0.1, 0.15) is 5.69 Å². The fraction of sp³-hybridized carbons (Fsp3) is 0.312. The van der Waals surface area contributed by atoms with Crippen LogP contribution in [0.2, 0.25) is 0 Å². The van der Waals surface area contributed by atoms with Crippen LogP contribution in [0, 0.1) is 23.3 Å². The Balaban J connectivity index is 1.82. The van der Waals surface area contributed by atoms with Gasteiger partial charge < -0.3 is 0 Å². The lowest BCUT2D eigenvalue weighted by molar-refractivity contribution is -0.136. The van der Waals surface area contributed by atoms with Gasteiger partial charge in [0.05, 0.1) is 5.56 Å². The van der Waals surface area contributed by atoms with Gasteiger partial charge in [-0.25, -0.2) is 17.6 Å². The Morgan fingerprint density at radius 2 is 1.55 bits per heavy atom. The lowest BCUT2D eigenvalue weighted by Gasteiger charge is -2.12. The van der Waals surface area contributed by atoms with Crippen molar-refractivity contribution in [1.29, 1.82) is 0 Å². The number of hydrogen-bond donors (Lipinski definition) is 0. The number of azide groups is 1. The van der Waals surface area contributed by atoms with E-state index in [4.69, 9.17) is 5.53 Å². The molecule has 0 saturated carbocycles. The predicted octanol–water partition coefficient (Wildman–Crippen LogP) is 4.45. The summed E-state index contributed by atoms with van der Waals surface area (Å²) in [6, 6.07) is 0. The number of hydrogen-bond acceptors (Lipinski definition) is 6. The maximum Gasteiger partial charge on any atom is 0.253 e. The Labute approximate surface area is 169 Å². The Morgan fingerprint density at radius 3 is 2.10 bits per heavy atom. The topological polar surface area (TPSA) is 103 Å². The molecule has 0 N–H and O–H groups in total. The second-order valence-electron chi connectivity index (χ2n) is 5.50. The van der Waals surface area contributed by atoms with Crippen molar-refractivity contribution >= 4 is 44.9 Å². The van der Waals surface area contributed by atoms with Crippen LogP contribution in [0.5, 0.6) is 0 Å². The molecule has 0 atom stereocenters. The maximum atomic E-state index is 13.9. The van der Waals surface area contributed by atoms with Crippen molar-refractivity contribution in [1.82, 2.24) is 4.90 Å². The zero-order valence-electron chi connectivity index (χ0n) is 14.5. The number of nitrogens with zero attached hydrogens (tertiary/aromatic N) is 4. The minimum Gasteiger partial charge on any atom is -0.294 e. The summed E-state index contributed by atoms with van der Waals surface area (Å²) in [5.74, 6) is -8.78. The Bertz CT molecular complexity index is 888. The van der Waals surface area contributed by atoms with Crippen molar-refractivity contribution < 1.29 is 31.9 Å². The first-order valence-electron chi connectivity index (χ1n) is 8.01. The lowest BCUT2D eigenvalue weighted by atomic mass is 10.0. The average molecular weight is 448 g/mol. The summed E-state index contributed by atoms with van der Waals surface area (Å²) in [6.07, 6.45) is 2.15. The van der Waals surface area contributed by atoms with Crippen LogP contribution in [0.3, 0.4) is 0 Å². The van der Waals surface area contributed by atoms with E-state index in [-0.39, 0.29) is 31.2 Å². The molecule has 0 unspecified atom stereocenters. The third-order valence-corrected chi connectivity index (χ3v) is 6.15. The molecule has 7 nitrogen and oxygen atoms in total. The molecule has 0 aliphatic carbocycles. The van der Waals surface area contributed by atoms with Gasteiger partial charge in [-0.2, -0.15) is 0 Å². The molecular weight excluding hydrogens is 436 g/mol. The van der Waals surface area contributed by atoms with E-state index < -0.39 is 40.3 Å². The molecule has 0 radical (unpaired) electrons. The van der Waals surface area contributed by atoms with Gasteiger partial charge in [-0.3, -0.25) is 19.3 Å². The molecule has 1 aromatic carbocycles. The van der Waals surface area contributed by atoms with E-state index in [1.54, 1.807) is 0 Å². The highest BCUT2D eigenvalue weighted by Crippen LogP contribution is 2.31. The van der Waals surface area contributed by atoms with Gasteiger partial charge in [-0.1, -0.05) is 26.7 Å². The molecule has 0 aromatic heterocycles. The van der Waals surface area contributed by atoms with Crippen molar-refractivity contribution in [3.05, 3.63) is 51.4 Å². The van der Waals surface area contributed by atoms with Gasteiger partial charge in [0.25, 0.3) is 11.8 Å². The molecule has 1 aromatic rings. The van der Waals surface area contributed by atoms with Gasteiger partial charge in [0.15, 0.2) is 29.1 Å². The molecule has 0 spiro atoms. The van der Waals surface area contributed by atoms with E-state index in [2.05, 4.69) is 10.0 Å². The summed E-state index contributed by atoms with van der Waals surface area (Å²) in [7, 11) is 2.63. The average Bonchev–Trinajstić information content (AvgIpc) is 3.01. The van der Waals surface area contributed by atoms with Crippen LogP contribution >= 0.6 is 21.6 Å². The van der Waals surface area contributed by atoms with E-state index in [0.29, 0.717) is 11.5 Å². The number of amides is 2. The molecule has 0 saturated heterocycles. The first-order valence-corrected chi connectivity index (χ1v) is 10.5. The Hall–Kier alpha value is -2.50. The summed E-state index contributed by atoms with van der Waals surface area (Å²) in [6.45, 7) is 0.216. The van der Waals surface area contributed by atoms with E-state index in [1.807, 2.05) is 0 Å². The Kier molecular flexibility index (Phi) is 8.11. The number of ketones is 1. The smallest absolute Gasteiger partial charge is 0.253 e. The Morgan fingerprint density at radius 1 is 1.00 bits per heavy atom. The standard InChI is InChI=1S/C16H12F4N4O3S2/c17-12-11(13(18)15(20)16(14(12)19)22-23-21)8(25)2-1-6-28-29-7-5-24-9(26)3-4-10(24)27/h3-4H,1-2,5-7H2. The minimum atomic E-state index is -1.93. The fourth-order valence-corrected chi connectivity index (χ4v) is 4.35. The van der Waals surface area contributed by atoms with Crippen LogP contribution in [-0.4, -0.2) is 40.5 Å². The summed E-state index contributed by atoms with van der Waals surface area (Å²) in [5, 5.41) is 2.55. The van der Waals surface area contributed by atoms with Crippen molar-refractivity contribution in [3.8, 4) is 0 Å². The minimum absolute atomic E-state index is 0.167. The van der Waals surface area contributed by atoms with Crippen LogP contribution in [0.15, 0.2) is 17.3 Å². The van der Waals surface area contributed by atoms with Gasteiger partial charge in [0.2, 0.25) is 0 Å². The van der Waals surface area contributed by atoms with E-state index >= 15 is 0 Å². The second-order valence-corrected chi connectivity index (χ2v) is 8.20. The zero-order valence-corrected chi connectivity index (χ0v) is 16.2.